The van der Waals surface area contributed by atoms with Gasteiger partial charge in [-0.2, -0.15) is 0 Å². The molecule has 0 heterocycles. The lowest BCUT2D eigenvalue weighted by molar-refractivity contribution is 0.0474. The van der Waals surface area contributed by atoms with Crippen LogP contribution < -0.4 is 0 Å². The zero-order valence-electron chi connectivity index (χ0n) is 11.5. The van der Waals surface area contributed by atoms with Gasteiger partial charge in [-0.1, -0.05) is 41.5 Å². The summed E-state index contributed by atoms with van der Waals surface area (Å²) in [7, 11) is 3.45. The summed E-state index contributed by atoms with van der Waals surface area (Å²) in [6.07, 6.45) is 2.16. The molecule has 90 valence electrons. The molecule has 1 unspecified atom stereocenters. The van der Waals surface area contributed by atoms with E-state index in [-0.39, 0.29) is 16.9 Å². The van der Waals surface area contributed by atoms with Gasteiger partial charge in [0, 0.05) is 12.5 Å². The van der Waals surface area contributed by atoms with Crippen LogP contribution in [-0.4, -0.2) is 20.3 Å². The summed E-state index contributed by atoms with van der Waals surface area (Å²) >= 11 is 0. The first-order valence-corrected chi connectivity index (χ1v) is 5.42. The maximum atomic E-state index is 5.49. The van der Waals surface area contributed by atoms with Crippen molar-refractivity contribution in [1.82, 2.24) is 0 Å². The highest BCUT2D eigenvalue weighted by atomic mass is 16.5. The molecule has 15 heavy (non-hydrogen) atoms. The van der Waals surface area contributed by atoms with Gasteiger partial charge in [0.15, 0.2) is 0 Å². The number of methoxy groups -OCH3 is 2. The second kappa shape index (κ2) is 5.02. The Hall–Kier alpha value is -0.500. The highest BCUT2D eigenvalue weighted by Crippen LogP contribution is 2.30. The van der Waals surface area contributed by atoms with Crippen LogP contribution in [0.25, 0.3) is 0 Å². The van der Waals surface area contributed by atoms with Crippen LogP contribution in [0.4, 0.5) is 0 Å². The van der Waals surface area contributed by atoms with Crippen LogP contribution in [0, 0.1) is 10.8 Å². The average Bonchev–Trinajstić information content (AvgIpc) is 2.01. The largest absolute Gasteiger partial charge is 0.501 e. The predicted molar refractivity (Wildman–Crippen MR) is 64.8 cm³/mol. The third-order valence-corrected chi connectivity index (χ3v) is 2.37. The molecular formula is C13H26O2. The Morgan fingerprint density at radius 1 is 1.00 bits per heavy atom. The van der Waals surface area contributed by atoms with E-state index in [1.54, 1.807) is 14.2 Å². The third kappa shape index (κ3) is 4.70. The molecule has 0 rings (SSSR count). The van der Waals surface area contributed by atoms with E-state index >= 15 is 0 Å². The van der Waals surface area contributed by atoms with Gasteiger partial charge < -0.3 is 9.47 Å². The van der Waals surface area contributed by atoms with Crippen LogP contribution in [-0.2, 0) is 9.47 Å². The summed E-state index contributed by atoms with van der Waals surface area (Å²) < 4.78 is 10.9. The van der Waals surface area contributed by atoms with Gasteiger partial charge in [-0.3, -0.25) is 0 Å². The molecule has 0 aliphatic heterocycles. The summed E-state index contributed by atoms with van der Waals surface area (Å²) in [5.74, 6) is 0.976. The molecule has 1 atom stereocenters. The fraction of sp³-hybridized carbons (Fsp3) is 0.846. The van der Waals surface area contributed by atoms with E-state index in [9.17, 15) is 0 Å². The quantitative estimate of drug-likeness (QED) is 0.668. The van der Waals surface area contributed by atoms with Crippen LogP contribution in [0.3, 0.4) is 0 Å². The van der Waals surface area contributed by atoms with Gasteiger partial charge in [-0.15, -0.1) is 0 Å². The molecule has 0 spiro atoms. The van der Waals surface area contributed by atoms with E-state index in [1.165, 1.54) is 0 Å². The number of hydrogen-bond donors (Lipinski definition) is 0. The van der Waals surface area contributed by atoms with E-state index in [0.29, 0.717) is 0 Å². The molecule has 0 bridgehead atoms. The highest BCUT2D eigenvalue weighted by molar-refractivity contribution is 5.08. The first kappa shape index (κ1) is 14.5. The number of rotatable bonds is 3. The molecule has 0 aromatic carbocycles. The Morgan fingerprint density at radius 3 is 1.67 bits per heavy atom. The summed E-state index contributed by atoms with van der Waals surface area (Å²) in [4.78, 5) is 0. The molecule has 0 N–H and O–H groups in total. The number of allylic oxidation sites excluding steroid dienone is 1. The summed E-state index contributed by atoms with van der Waals surface area (Å²) in [5.41, 5.74) is 0.112. The Morgan fingerprint density at radius 2 is 1.47 bits per heavy atom. The molecule has 0 aliphatic rings. The molecule has 2 heteroatoms. The second-order valence-corrected chi connectivity index (χ2v) is 6.01. The average molecular weight is 214 g/mol. The third-order valence-electron chi connectivity index (χ3n) is 2.37. The lowest BCUT2D eigenvalue weighted by Gasteiger charge is -2.30. The van der Waals surface area contributed by atoms with Crippen molar-refractivity contribution in [2.24, 2.45) is 10.8 Å². The van der Waals surface area contributed by atoms with Crippen molar-refractivity contribution in [2.75, 3.05) is 14.2 Å². The van der Waals surface area contributed by atoms with Crippen molar-refractivity contribution in [3.8, 4) is 0 Å². The molecule has 2 nitrogen and oxygen atoms in total. The Balaban J connectivity index is 4.96. The van der Waals surface area contributed by atoms with Crippen molar-refractivity contribution in [3.05, 3.63) is 11.8 Å². The van der Waals surface area contributed by atoms with Crippen LogP contribution in [0.2, 0.25) is 0 Å². The summed E-state index contributed by atoms with van der Waals surface area (Å²) in [6.45, 7) is 12.9. The van der Waals surface area contributed by atoms with E-state index in [4.69, 9.17) is 9.47 Å². The fourth-order valence-corrected chi connectivity index (χ4v) is 1.43. The molecule has 0 saturated heterocycles. The van der Waals surface area contributed by atoms with Crippen LogP contribution >= 0.6 is 0 Å². The lowest BCUT2D eigenvalue weighted by Crippen LogP contribution is -2.28. The predicted octanol–water partition coefficient (Wildman–Crippen LogP) is 3.62. The standard InChI is InChI=1S/C13H26O2/c1-12(2,3)10(14-7)9-11(15-8)13(4,5)6/h9-10H,1-8H3. The SMILES string of the molecule is COC(=CC(OC)C(C)(C)C)C(C)(C)C. The Labute approximate surface area is 94.7 Å². The van der Waals surface area contributed by atoms with Crippen LogP contribution in [0.5, 0.6) is 0 Å². The summed E-state index contributed by atoms with van der Waals surface area (Å²) in [6, 6.07) is 0. The van der Waals surface area contributed by atoms with Gasteiger partial charge >= 0.3 is 0 Å². The normalized spacial score (nSPS) is 16.4. The highest BCUT2D eigenvalue weighted by Gasteiger charge is 2.26. The molecular weight excluding hydrogens is 188 g/mol. The maximum absolute atomic E-state index is 5.49. The molecule has 0 radical (unpaired) electrons. The van der Waals surface area contributed by atoms with Crippen molar-refractivity contribution >= 4 is 0 Å². The molecule has 0 aromatic heterocycles. The van der Waals surface area contributed by atoms with Gasteiger partial charge in [0.2, 0.25) is 0 Å². The van der Waals surface area contributed by atoms with Crippen molar-refractivity contribution in [2.45, 2.75) is 47.6 Å². The minimum Gasteiger partial charge on any atom is -0.501 e. The zero-order valence-corrected chi connectivity index (χ0v) is 11.5. The smallest absolute Gasteiger partial charge is 0.0994 e. The molecule has 0 aromatic rings. The van der Waals surface area contributed by atoms with Crippen molar-refractivity contribution in [1.29, 1.82) is 0 Å². The molecule has 0 aliphatic carbocycles. The minimum absolute atomic E-state index is 0.0246. The zero-order chi connectivity index (χ0) is 12.3. The Bertz CT molecular complexity index is 216. The van der Waals surface area contributed by atoms with Gasteiger partial charge in [0.05, 0.1) is 19.0 Å². The first-order chi connectivity index (χ1) is 6.62. The van der Waals surface area contributed by atoms with Crippen LogP contribution in [0.15, 0.2) is 11.8 Å². The Kier molecular flexibility index (Phi) is 4.85. The molecule has 0 fully saturated rings. The maximum Gasteiger partial charge on any atom is 0.0994 e. The van der Waals surface area contributed by atoms with E-state index in [2.05, 4.69) is 47.6 Å². The molecule has 0 amide bonds. The first-order valence-electron chi connectivity index (χ1n) is 5.42. The van der Waals surface area contributed by atoms with Gasteiger partial charge in [-0.05, 0) is 11.5 Å². The van der Waals surface area contributed by atoms with E-state index < -0.39 is 0 Å². The van der Waals surface area contributed by atoms with E-state index in [0.717, 1.165) is 5.76 Å². The van der Waals surface area contributed by atoms with Gasteiger partial charge in [0.25, 0.3) is 0 Å². The number of ether oxygens (including phenoxy) is 2. The minimum atomic E-state index is 0.0246. The number of hydrogen-bond acceptors (Lipinski definition) is 2. The van der Waals surface area contributed by atoms with Crippen molar-refractivity contribution in [3.63, 3.8) is 0 Å². The molecule has 0 saturated carbocycles. The van der Waals surface area contributed by atoms with Crippen LogP contribution in [0.1, 0.15) is 41.5 Å². The van der Waals surface area contributed by atoms with Gasteiger partial charge in [-0.25, -0.2) is 0 Å². The lowest BCUT2D eigenvalue weighted by atomic mass is 9.85. The van der Waals surface area contributed by atoms with Crippen molar-refractivity contribution < 1.29 is 9.47 Å². The monoisotopic (exact) mass is 214 g/mol. The topological polar surface area (TPSA) is 18.5 Å². The fourth-order valence-electron chi connectivity index (χ4n) is 1.43. The summed E-state index contributed by atoms with van der Waals surface area (Å²) in [5, 5.41) is 0. The second-order valence-electron chi connectivity index (χ2n) is 6.01. The van der Waals surface area contributed by atoms with Gasteiger partial charge in [0.1, 0.15) is 0 Å². The van der Waals surface area contributed by atoms with E-state index in [1.807, 2.05) is 0 Å².